The molecule has 2 heteroatoms. The zero-order chi connectivity index (χ0) is 12.5. The summed E-state index contributed by atoms with van der Waals surface area (Å²) >= 11 is 2.17. The highest BCUT2D eigenvalue weighted by atomic mass is 32.2. The minimum Gasteiger partial charge on any atom is -0.312 e. The SMILES string of the molecule is CC1CC(C)(C)CCC1NCC1(C)CCCS1. The van der Waals surface area contributed by atoms with Crippen molar-refractivity contribution in [2.24, 2.45) is 11.3 Å². The lowest BCUT2D eigenvalue weighted by molar-refractivity contribution is 0.147. The van der Waals surface area contributed by atoms with Crippen molar-refractivity contribution in [1.29, 1.82) is 0 Å². The van der Waals surface area contributed by atoms with Gasteiger partial charge in [-0.3, -0.25) is 0 Å². The van der Waals surface area contributed by atoms with Crippen molar-refractivity contribution in [1.82, 2.24) is 5.32 Å². The Kier molecular flexibility index (Phi) is 4.14. The summed E-state index contributed by atoms with van der Waals surface area (Å²) in [7, 11) is 0. The third kappa shape index (κ3) is 3.64. The summed E-state index contributed by atoms with van der Waals surface area (Å²) < 4.78 is 0.521. The predicted octanol–water partition coefficient (Wildman–Crippen LogP) is 4.08. The van der Waals surface area contributed by atoms with Gasteiger partial charge in [-0.05, 0) is 56.1 Å². The van der Waals surface area contributed by atoms with E-state index in [0.29, 0.717) is 10.2 Å². The summed E-state index contributed by atoms with van der Waals surface area (Å²) in [5.41, 5.74) is 0.573. The third-order valence-corrected chi connectivity index (χ3v) is 6.27. The van der Waals surface area contributed by atoms with Crippen LogP contribution in [0.25, 0.3) is 0 Å². The minimum atomic E-state index is 0.521. The molecule has 1 nitrogen and oxygen atoms in total. The quantitative estimate of drug-likeness (QED) is 0.815. The lowest BCUT2D eigenvalue weighted by Crippen LogP contribution is -2.46. The summed E-state index contributed by atoms with van der Waals surface area (Å²) in [5.74, 6) is 2.21. The van der Waals surface area contributed by atoms with Gasteiger partial charge in [0.15, 0.2) is 0 Å². The molecule has 3 unspecified atom stereocenters. The smallest absolute Gasteiger partial charge is 0.0256 e. The monoisotopic (exact) mass is 255 g/mol. The second kappa shape index (κ2) is 5.13. The number of thioether (sulfide) groups is 1. The molecule has 2 fully saturated rings. The number of nitrogens with one attached hydrogen (secondary N) is 1. The van der Waals surface area contributed by atoms with Crippen LogP contribution < -0.4 is 5.32 Å². The molecule has 0 radical (unpaired) electrons. The Morgan fingerprint density at radius 3 is 2.59 bits per heavy atom. The largest absolute Gasteiger partial charge is 0.312 e. The highest BCUT2D eigenvalue weighted by Crippen LogP contribution is 2.40. The molecule has 100 valence electrons. The van der Waals surface area contributed by atoms with Crippen molar-refractivity contribution < 1.29 is 0 Å². The molecule has 17 heavy (non-hydrogen) atoms. The summed E-state index contributed by atoms with van der Waals surface area (Å²) in [4.78, 5) is 0. The standard InChI is InChI=1S/C15H29NS/c1-12-10-14(2,3)8-6-13(12)16-11-15(4)7-5-9-17-15/h12-13,16H,5-11H2,1-4H3. The van der Waals surface area contributed by atoms with Crippen LogP contribution in [0.5, 0.6) is 0 Å². The minimum absolute atomic E-state index is 0.521. The van der Waals surface area contributed by atoms with Gasteiger partial charge in [0.2, 0.25) is 0 Å². The van der Waals surface area contributed by atoms with E-state index in [-0.39, 0.29) is 0 Å². The molecule has 2 rings (SSSR count). The summed E-state index contributed by atoms with van der Waals surface area (Å²) in [6, 6.07) is 0.765. The van der Waals surface area contributed by atoms with Gasteiger partial charge in [-0.1, -0.05) is 20.8 Å². The average molecular weight is 255 g/mol. The van der Waals surface area contributed by atoms with Crippen molar-refractivity contribution >= 4 is 11.8 Å². The van der Waals surface area contributed by atoms with Gasteiger partial charge in [-0.2, -0.15) is 11.8 Å². The maximum Gasteiger partial charge on any atom is 0.0256 e. The molecule has 0 aromatic rings. The number of hydrogen-bond acceptors (Lipinski definition) is 2. The topological polar surface area (TPSA) is 12.0 Å². The van der Waals surface area contributed by atoms with Crippen LogP contribution in [-0.4, -0.2) is 23.1 Å². The van der Waals surface area contributed by atoms with E-state index >= 15 is 0 Å². The molecular weight excluding hydrogens is 226 g/mol. The fourth-order valence-corrected chi connectivity index (χ4v) is 4.83. The molecule has 1 saturated heterocycles. The maximum atomic E-state index is 3.87. The fourth-order valence-electron chi connectivity index (χ4n) is 3.57. The second-order valence-corrected chi connectivity index (χ2v) is 8.96. The molecule has 0 aromatic carbocycles. The van der Waals surface area contributed by atoms with E-state index < -0.39 is 0 Å². The first kappa shape index (κ1) is 13.7. The van der Waals surface area contributed by atoms with E-state index in [1.165, 1.54) is 44.4 Å². The molecule has 1 N–H and O–H groups in total. The van der Waals surface area contributed by atoms with Gasteiger partial charge >= 0.3 is 0 Å². The van der Waals surface area contributed by atoms with E-state index in [0.717, 1.165) is 12.0 Å². The van der Waals surface area contributed by atoms with E-state index in [4.69, 9.17) is 0 Å². The summed E-state index contributed by atoms with van der Waals surface area (Å²) in [6.07, 6.45) is 6.95. The van der Waals surface area contributed by atoms with E-state index in [9.17, 15) is 0 Å². The lowest BCUT2D eigenvalue weighted by Gasteiger charge is -2.40. The van der Waals surface area contributed by atoms with Crippen LogP contribution in [0.1, 0.15) is 59.8 Å². The molecule has 1 heterocycles. The van der Waals surface area contributed by atoms with Gasteiger partial charge < -0.3 is 5.32 Å². The highest BCUT2D eigenvalue weighted by Gasteiger charge is 2.34. The molecule has 2 aliphatic rings. The van der Waals surface area contributed by atoms with Gasteiger partial charge in [-0.15, -0.1) is 0 Å². The molecular formula is C15H29NS. The molecule has 3 atom stereocenters. The van der Waals surface area contributed by atoms with E-state index in [1.807, 2.05) is 0 Å². The van der Waals surface area contributed by atoms with Crippen LogP contribution in [0.3, 0.4) is 0 Å². The Labute approximate surface area is 112 Å². The van der Waals surface area contributed by atoms with Crippen molar-refractivity contribution in [3.8, 4) is 0 Å². The maximum absolute atomic E-state index is 3.87. The Hall–Kier alpha value is 0.310. The number of rotatable bonds is 3. The van der Waals surface area contributed by atoms with Gasteiger partial charge in [0.1, 0.15) is 0 Å². The van der Waals surface area contributed by atoms with Crippen molar-refractivity contribution in [2.45, 2.75) is 70.6 Å². The first-order valence-corrected chi connectivity index (χ1v) is 8.26. The van der Waals surface area contributed by atoms with E-state index in [2.05, 4.69) is 44.8 Å². The van der Waals surface area contributed by atoms with Gasteiger partial charge in [-0.25, -0.2) is 0 Å². The van der Waals surface area contributed by atoms with Crippen LogP contribution in [-0.2, 0) is 0 Å². The fraction of sp³-hybridized carbons (Fsp3) is 1.00. The summed E-state index contributed by atoms with van der Waals surface area (Å²) in [6.45, 7) is 10.9. The van der Waals surface area contributed by atoms with E-state index in [1.54, 1.807) is 0 Å². The average Bonchev–Trinajstić information content (AvgIpc) is 2.63. The van der Waals surface area contributed by atoms with Crippen LogP contribution in [0.2, 0.25) is 0 Å². The molecule has 0 amide bonds. The predicted molar refractivity (Wildman–Crippen MR) is 78.7 cm³/mol. The highest BCUT2D eigenvalue weighted by molar-refractivity contribution is 8.00. The normalized spacial score (nSPS) is 41.6. The van der Waals surface area contributed by atoms with Crippen molar-refractivity contribution in [2.75, 3.05) is 12.3 Å². The van der Waals surface area contributed by atoms with Gasteiger partial charge in [0.25, 0.3) is 0 Å². The number of hydrogen-bond donors (Lipinski definition) is 1. The van der Waals surface area contributed by atoms with Gasteiger partial charge in [0.05, 0.1) is 0 Å². The van der Waals surface area contributed by atoms with Crippen LogP contribution in [0.4, 0.5) is 0 Å². The molecule has 1 aliphatic carbocycles. The Morgan fingerprint density at radius 1 is 1.24 bits per heavy atom. The van der Waals surface area contributed by atoms with Crippen molar-refractivity contribution in [3.63, 3.8) is 0 Å². The van der Waals surface area contributed by atoms with Crippen LogP contribution in [0, 0.1) is 11.3 Å². The Bertz CT molecular complexity index is 256. The first-order valence-electron chi connectivity index (χ1n) is 7.28. The van der Waals surface area contributed by atoms with Crippen LogP contribution >= 0.6 is 11.8 Å². The first-order chi connectivity index (χ1) is 7.90. The second-order valence-electron chi connectivity index (χ2n) is 7.27. The Morgan fingerprint density at radius 2 is 2.00 bits per heavy atom. The Balaban J connectivity index is 1.80. The zero-order valence-electron chi connectivity index (χ0n) is 12.0. The lowest BCUT2D eigenvalue weighted by atomic mass is 9.70. The van der Waals surface area contributed by atoms with Crippen molar-refractivity contribution in [3.05, 3.63) is 0 Å². The molecule has 0 bridgehead atoms. The molecule has 0 spiro atoms. The van der Waals surface area contributed by atoms with Gasteiger partial charge in [0, 0.05) is 17.3 Å². The molecule has 0 aromatic heterocycles. The molecule has 1 saturated carbocycles. The zero-order valence-corrected chi connectivity index (χ0v) is 12.8. The third-order valence-electron chi connectivity index (χ3n) is 4.73. The van der Waals surface area contributed by atoms with Crippen LogP contribution in [0.15, 0.2) is 0 Å². The summed E-state index contributed by atoms with van der Waals surface area (Å²) in [5, 5.41) is 3.87. The molecule has 1 aliphatic heterocycles.